The summed E-state index contributed by atoms with van der Waals surface area (Å²) in [7, 11) is 2.10. The molecule has 1 N–H and O–H groups in total. The number of nitrogens with one attached hydrogen (secondary N) is 1. The van der Waals surface area contributed by atoms with Crippen molar-refractivity contribution in [1.82, 2.24) is 10.2 Å². The molecular weight excluding hydrogens is 192 g/mol. The van der Waals surface area contributed by atoms with E-state index in [0.29, 0.717) is 6.04 Å². The van der Waals surface area contributed by atoms with Crippen LogP contribution in [-0.4, -0.2) is 50.2 Å². The Morgan fingerprint density at radius 3 is 2.67 bits per heavy atom. The van der Waals surface area contributed by atoms with Crippen molar-refractivity contribution in [2.75, 3.05) is 33.4 Å². The summed E-state index contributed by atoms with van der Waals surface area (Å²) in [6.45, 7) is 3.57. The van der Waals surface area contributed by atoms with Gasteiger partial charge in [0.05, 0.1) is 0 Å². The Kier molecular flexibility index (Phi) is 3.59. The van der Waals surface area contributed by atoms with Gasteiger partial charge in [-0.25, -0.2) is 0 Å². The first kappa shape index (κ1) is 10.9. The Morgan fingerprint density at radius 2 is 2.07 bits per heavy atom. The number of nitrogens with zero attached hydrogens (tertiary/aromatic N) is 1. The SMILES string of the molecule is CN1CC[C@@H](NC(=O)C2CCOCC2)C1. The van der Waals surface area contributed by atoms with Gasteiger partial charge >= 0.3 is 0 Å². The molecule has 1 atom stereocenters. The van der Waals surface area contributed by atoms with Gasteiger partial charge in [0.2, 0.25) is 5.91 Å². The molecule has 0 bridgehead atoms. The van der Waals surface area contributed by atoms with E-state index in [2.05, 4.69) is 17.3 Å². The second kappa shape index (κ2) is 4.94. The molecule has 2 aliphatic rings. The van der Waals surface area contributed by atoms with Crippen molar-refractivity contribution in [3.05, 3.63) is 0 Å². The molecule has 0 saturated carbocycles. The molecular formula is C11H20N2O2. The van der Waals surface area contributed by atoms with Gasteiger partial charge in [-0.2, -0.15) is 0 Å². The quantitative estimate of drug-likeness (QED) is 0.712. The first-order valence-electron chi connectivity index (χ1n) is 5.82. The molecule has 4 heteroatoms. The second-order valence-corrected chi connectivity index (χ2v) is 4.64. The van der Waals surface area contributed by atoms with E-state index in [1.54, 1.807) is 0 Å². The minimum absolute atomic E-state index is 0.185. The number of likely N-dealkylation sites (N-methyl/N-ethyl adjacent to an activating group) is 1. The molecule has 2 saturated heterocycles. The summed E-state index contributed by atoms with van der Waals surface area (Å²) < 4.78 is 5.25. The van der Waals surface area contributed by atoms with Gasteiger partial charge in [0.25, 0.3) is 0 Å². The summed E-state index contributed by atoms with van der Waals surface area (Å²) in [6.07, 6.45) is 2.86. The van der Waals surface area contributed by atoms with Gasteiger partial charge in [-0.05, 0) is 32.9 Å². The number of likely N-dealkylation sites (tertiary alicyclic amines) is 1. The number of carbonyl (C=O) groups is 1. The molecule has 2 heterocycles. The van der Waals surface area contributed by atoms with Crippen LogP contribution in [0.1, 0.15) is 19.3 Å². The highest BCUT2D eigenvalue weighted by Gasteiger charge is 2.26. The van der Waals surface area contributed by atoms with Crippen LogP contribution in [0.15, 0.2) is 0 Å². The first-order valence-corrected chi connectivity index (χ1v) is 5.82. The molecule has 0 radical (unpaired) electrons. The smallest absolute Gasteiger partial charge is 0.223 e. The highest BCUT2D eigenvalue weighted by molar-refractivity contribution is 5.79. The minimum Gasteiger partial charge on any atom is -0.381 e. The fourth-order valence-corrected chi connectivity index (χ4v) is 2.33. The van der Waals surface area contributed by atoms with Crippen molar-refractivity contribution in [2.24, 2.45) is 5.92 Å². The van der Waals surface area contributed by atoms with Crippen LogP contribution in [0.25, 0.3) is 0 Å². The average molecular weight is 212 g/mol. The highest BCUT2D eigenvalue weighted by atomic mass is 16.5. The van der Waals surface area contributed by atoms with Gasteiger partial charge in [0.1, 0.15) is 0 Å². The Morgan fingerprint density at radius 1 is 1.33 bits per heavy atom. The standard InChI is InChI=1S/C11H20N2O2/c1-13-5-2-10(8-13)12-11(14)9-3-6-15-7-4-9/h9-10H,2-8H2,1H3,(H,12,14)/t10-/m1/s1. The maximum absolute atomic E-state index is 11.9. The summed E-state index contributed by atoms with van der Waals surface area (Å²) in [5, 5.41) is 3.14. The number of hydrogen-bond acceptors (Lipinski definition) is 3. The highest BCUT2D eigenvalue weighted by Crippen LogP contribution is 2.16. The van der Waals surface area contributed by atoms with Crippen LogP contribution < -0.4 is 5.32 Å². The summed E-state index contributed by atoms with van der Waals surface area (Å²) >= 11 is 0. The molecule has 0 unspecified atom stereocenters. The Labute approximate surface area is 91.0 Å². The number of hydrogen-bond donors (Lipinski definition) is 1. The van der Waals surface area contributed by atoms with Crippen molar-refractivity contribution in [3.63, 3.8) is 0 Å². The maximum Gasteiger partial charge on any atom is 0.223 e. The summed E-state index contributed by atoms with van der Waals surface area (Å²) in [4.78, 5) is 14.1. The number of carbonyl (C=O) groups excluding carboxylic acids is 1. The first-order chi connectivity index (χ1) is 7.25. The lowest BCUT2D eigenvalue weighted by Crippen LogP contribution is -2.41. The summed E-state index contributed by atoms with van der Waals surface area (Å²) in [5.41, 5.74) is 0. The van der Waals surface area contributed by atoms with Gasteiger partial charge in [0, 0.05) is 31.7 Å². The summed E-state index contributed by atoms with van der Waals surface area (Å²) in [5.74, 6) is 0.420. The van der Waals surface area contributed by atoms with E-state index < -0.39 is 0 Å². The van der Waals surface area contributed by atoms with E-state index in [1.807, 2.05) is 0 Å². The van der Waals surface area contributed by atoms with Gasteiger partial charge in [-0.15, -0.1) is 0 Å². The van der Waals surface area contributed by atoms with Gasteiger partial charge in [0.15, 0.2) is 0 Å². The van der Waals surface area contributed by atoms with Crippen molar-refractivity contribution >= 4 is 5.91 Å². The topological polar surface area (TPSA) is 41.6 Å². The van der Waals surface area contributed by atoms with Crippen molar-refractivity contribution in [3.8, 4) is 0 Å². The van der Waals surface area contributed by atoms with E-state index >= 15 is 0 Å². The van der Waals surface area contributed by atoms with E-state index in [4.69, 9.17) is 4.74 Å². The van der Waals surface area contributed by atoms with Crippen LogP contribution in [0.5, 0.6) is 0 Å². The number of amides is 1. The van der Waals surface area contributed by atoms with Crippen molar-refractivity contribution < 1.29 is 9.53 Å². The molecule has 2 rings (SSSR count). The Bertz CT molecular complexity index is 227. The largest absolute Gasteiger partial charge is 0.381 e. The second-order valence-electron chi connectivity index (χ2n) is 4.64. The van der Waals surface area contributed by atoms with Gasteiger partial charge in [-0.3, -0.25) is 4.79 Å². The molecule has 1 amide bonds. The molecule has 2 aliphatic heterocycles. The molecule has 0 aliphatic carbocycles. The lowest BCUT2D eigenvalue weighted by molar-refractivity contribution is -0.128. The van der Waals surface area contributed by atoms with Gasteiger partial charge in [-0.1, -0.05) is 0 Å². The third-order valence-corrected chi connectivity index (χ3v) is 3.33. The third-order valence-electron chi connectivity index (χ3n) is 3.33. The third kappa shape index (κ3) is 2.92. The molecule has 0 spiro atoms. The van der Waals surface area contributed by atoms with E-state index in [0.717, 1.165) is 45.6 Å². The van der Waals surface area contributed by atoms with Crippen LogP contribution in [0.3, 0.4) is 0 Å². The van der Waals surface area contributed by atoms with Crippen LogP contribution >= 0.6 is 0 Å². The predicted octanol–water partition coefficient (Wildman–Crippen LogP) is 0.233. The summed E-state index contributed by atoms with van der Waals surface area (Å²) in [6, 6.07) is 0.366. The lowest BCUT2D eigenvalue weighted by Gasteiger charge is -2.23. The molecule has 4 nitrogen and oxygen atoms in total. The van der Waals surface area contributed by atoms with Crippen LogP contribution in [-0.2, 0) is 9.53 Å². The molecule has 0 aromatic carbocycles. The van der Waals surface area contributed by atoms with E-state index in [-0.39, 0.29) is 11.8 Å². The molecule has 0 aromatic rings. The van der Waals surface area contributed by atoms with Crippen LogP contribution in [0, 0.1) is 5.92 Å². The normalized spacial score (nSPS) is 29.3. The van der Waals surface area contributed by atoms with Gasteiger partial charge < -0.3 is 15.0 Å². The fraction of sp³-hybridized carbons (Fsp3) is 0.909. The fourth-order valence-electron chi connectivity index (χ4n) is 2.33. The van der Waals surface area contributed by atoms with Crippen LogP contribution in [0.2, 0.25) is 0 Å². The maximum atomic E-state index is 11.9. The molecule has 2 fully saturated rings. The van der Waals surface area contributed by atoms with Crippen molar-refractivity contribution in [1.29, 1.82) is 0 Å². The van der Waals surface area contributed by atoms with Crippen molar-refractivity contribution in [2.45, 2.75) is 25.3 Å². The lowest BCUT2D eigenvalue weighted by atomic mass is 9.99. The zero-order valence-electron chi connectivity index (χ0n) is 9.37. The minimum atomic E-state index is 0.185. The van der Waals surface area contributed by atoms with E-state index in [9.17, 15) is 4.79 Å². The molecule has 0 aromatic heterocycles. The number of rotatable bonds is 2. The zero-order chi connectivity index (χ0) is 10.7. The Hall–Kier alpha value is -0.610. The molecule has 86 valence electrons. The number of ether oxygens (including phenoxy) is 1. The van der Waals surface area contributed by atoms with Crippen LogP contribution in [0.4, 0.5) is 0 Å². The monoisotopic (exact) mass is 212 g/mol. The average Bonchev–Trinajstić information content (AvgIpc) is 2.65. The van der Waals surface area contributed by atoms with E-state index in [1.165, 1.54) is 0 Å². The Balaban J connectivity index is 1.76. The predicted molar refractivity (Wildman–Crippen MR) is 57.6 cm³/mol. The zero-order valence-corrected chi connectivity index (χ0v) is 9.37. The molecule has 15 heavy (non-hydrogen) atoms.